The monoisotopic (exact) mass is 1110 g/mol. The van der Waals surface area contributed by atoms with E-state index in [1.165, 1.54) is 13.0 Å². The van der Waals surface area contributed by atoms with E-state index < -0.39 is 135 Å². The van der Waals surface area contributed by atoms with Crippen LogP contribution < -0.4 is 11.1 Å². The number of carboxylic acid groups (broad SMARTS) is 1. The number of carboxylic acids is 1. The quantitative estimate of drug-likeness (QED) is 0.111. The Hall–Kier alpha value is -4.75. The summed E-state index contributed by atoms with van der Waals surface area (Å²) in [5.74, 6) is -6.77. The second kappa shape index (κ2) is 33.9. The number of hydrogen-bond donors (Lipinski definition) is 13. The van der Waals surface area contributed by atoms with E-state index in [1.807, 2.05) is 32.1 Å². The number of carbonyl (C=O) groups is 3. The topological polar surface area (TPSA) is 349 Å². The minimum absolute atomic E-state index is 0.0782. The van der Waals surface area contributed by atoms with Crippen LogP contribution in [-0.2, 0) is 28.5 Å². The van der Waals surface area contributed by atoms with Gasteiger partial charge in [0.25, 0.3) is 0 Å². The Morgan fingerprint density at radius 3 is 1.89 bits per heavy atom. The summed E-state index contributed by atoms with van der Waals surface area (Å²) >= 11 is 0. The van der Waals surface area contributed by atoms with Gasteiger partial charge in [-0.25, -0.2) is 0 Å². The standard InChI is InChI=1S/C59H88N2O18/c1-36-18-15-13-11-9-7-5-6-8-10-12-14-16-21-47(77-58-55(72)53(60)54(71)38(3)76-58)33-50-52(57(73)74)49(69)35-59(75,79-50)34-46(67)30-44(65)28-41(62)19-17-20-42(63)29-45(66)32-51(70)78-56(36)37(2)22-27-43(64)31-48(68)39-23-25-40(61-4)26-24-39/h5-16,18,21,23-26,36-38,41-47,49-50,52-56,58,61-67,69,71-72,75H,17,19-20,22,27-35,60H2,1-4H3,(H,73,74)/b6-5-,9-7-,10-8+,13-11+,14-12+,18-15+,21-16+/t36?,37?,38-,41?,42?,43?,44?,45?,46?,47?,49?,50+,52?,53+,54-,55+,56?,58?,59?/m1/s1. The molecule has 0 amide bonds. The van der Waals surface area contributed by atoms with Crippen LogP contribution in [0.1, 0.15) is 115 Å². The lowest BCUT2D eigenvalue weighted by Gasteiger charge is -2.45. The lowest BCUT2D eigenvalue weighted by molar-refractivity contribution is -0.308. The van der Waals surface area contributed by atoms with Crippen LogP contribution in [0.5, 0.6) is 0 Å². The molecule has 442 valence electrons. The van der Waals surface area contributed by atoms with Gasteiger partial charge in [-0.3, -0.25) is 14.4 Å². The highest BCUT2D eigenvalue weighted by atomic mass is 16.7. The predicted octanol–water partition coefficient (Wildman–Crippen LogP) is 3.57. The number of esters is 1. The zero-order valence-corrected chi connectivity index (χ0v) is 45.8. The first-order valence-corrected chi connectivity index (χ1v) is 27.5. The fourth-order valence-electron chi connectivity index (χ4n) is 10.1. The molecule has 14 unspecified atom stereocenters. The molecule has 3 aliphatic heterocycles. The summed E-state index contributed by atoms with van der Waals surface area (Å²) in [6.07, 6.45) is 6.09. The van der Waals surface area contributed by atoms with E-state index in [2.05, 4.69) is 5.32 Å². The average Bonchev–Trinajstić information content (AvgIpc) is 3.40. The molecule has 4 rings (SSSR count). The molecule has 0 aromatic heterocycles. The third-order valence-corrected chi connectivity index (χ3v) is 14.5. The van der Waals surface area contributed by atoms with Gasteiger partial charge in [0, 0.05) is 49.9 Å². The van der Waals surface area contributed by atoms with E-state index in [4.69, 9.17) is 24.7 Å². The van der Waals surface area contributed by atoms with Crippen LogP contribution in [-0.4, -0.2) is 178 Å². The molecule has 1 aromatic rings. The number of allylic oxidation sites excluding steroid dienone is 12. The SMILES string of the molecule is CNc1ccc(C(=O)CC(O)CCC(C)C2OC(=O)CC(O)CC(O)CCCC(O)CC(O)CC(O)CC3(O)CC(O)C(C(=O)O)[C@H](CC(OC4O[C@H](C)[C@@H](O)[C@H](N)[C@@H]4O)/C=C/C=C/C=C/C=C\C=C/C=C/C=C/C2C)O3)cc1. The molecule has 20 nitrogen and oxygen atoms in total. The molecular weight excluding hydrogens is 1020 g/mol. The number of hydrogen-bond acceptors (Lipinski definition) is 19. The van der Waals surface area contributed by atoms with Crippen LogP contribution in [0.4, 0.5) is 5.69 Å². The number of aliphatic carboxylic acids is 1. The summed E-state index contributed by atoms with van der Waals surface area (Å²) in [6, 6.07) is 5.82. The van der Waals surface area contributed by atoms with E-state index >= 15 is 0 Å². The first-order chi connectivity index (χ1) is 37.5. The zero-order chi connectivity index (χ0) is 58.2. The number of aliphatic hydroxyl groups excluding tert-OH is 9. The molecule has 0 radical (unpaired) electrons. The maximum absolute atomic E-state index is 13.3. The normalized spacial score (nSPS) is 38.3. The Morgan fingerprint density at radius 1 is 0.747 bits per heavy atom. The van der Waals surface area contributed by atoms with Crippen LogP contribution in [0.2, 0.25) is 0 Å². The van der Waals surface area contributed by atoms with Gasteiger partial charge >= 0.3 is 11.9 Å². The van der Waals surface area contributed by atoms with Gasteiger partial charge in [0.05, 0.1) is 79.6 Å². The number of rotatable bonds is 11. The number of cyclic esters (lactones) is 1. The number of ether oxygens (including phenoxy) is 4. The molecule has 2 saturated heterocycles. The van der Waals surface area contributed by atoms with Crippen molar-refractivity contribution in [2.24, 2.45) is 23.5 Å². The van der Waals surface area contributed by atoms with Crippen molar-refractivity contribution in [1.82, 2.24) is 0 Å². The summed E-state index contributed by atoms with van der Waals surface area (Å²) in [7, 11) is 1.78. The predicted molar refractivity (Wildman–Crippen MR) is 295 cm³/mol. The first-order valence-electron chi connectivity index (χ1n) is 27.5. The van der Waals surface area contributed by atoms with E-state index in [0.717, 1.165) is 5.69 Å². The molecule has 1 aromatic carbocycles. The number of carbonyl (C=O) groups excluding carboxylic acids is 2. The molecule has 0 spiro atoms. The number of aliphatic hydroxyl groups is 10. The summed E-state index contributed by atoms with van der Waals surface area (Å²) in [5.41, 5.74) is 7.39. The summed E-state index contributed by atoms with van der Waals surface area (Å²) in [5, 5.41) is 122. The number of anilines is 1. The van der Waals surface area contributed by atoms with Crippen LogP contribution in [0.25, 0.3) is 0 Å². The highest BCUT2D eigenvalue weighted by molar-refractivity contribution is 5.96. The van der Waals surface area contributed by atoms with Gasteiger partial charge in [-0.2, -0.15) is 0 Å². The van der Waals surface area contributed by atoms with Gasteiger partial charge in [0.1, 0.15) is 18.1 Å². The molecule has 14 N–H and O–H groups in total. The van der Waals surface area contributed by atoms with Gasteiger partial charge in [-0.15, -0.1) is 0 Å². The molecule has 19 atom stereocenters. The van der Waals surface area contributed by atoms with E-state index in [9.17, 15) is 70.6 Å². The van der Waals surface area contributed by atoms with Gasteiger partial charge < -0.3 is 86.2 Å². The number of nitrogens with one attached hydrogen (secondary N) is 1. The number of benzene rings is 1. The van der Waals surface area contributed by atoms with Crippen molar-refractivity contribution in [3.8, 4) is 0 Å². The Labute approximate surface area is 463 Å². The maximum Gasteiger partial charge on any atom is 0.311 e. The van der Waals surface area contributed by atoms with Crippen molar-refractivity contribution < 1.29 is 89.5 Å². The van der Waals surface area contributed by atoms with Gasteiger partial charge in [-0.05, 0) is 88.5 Å². The van der Waals surface area contributed by atoms with Gasteiger partial charge in [0.2, 0.25) is 0 Å². The Bertz CT molecular complexity index is 2220. The number of Topliss-reactive ketones (excluding diaryl/α,β-unsaturated/α-hetero) is 1. The van der Waals surface area contributed by atoms with Crippen molar-refractivity contribution in [2.45, 2.75) is 202 Å². The number of fused-ring (bicyclic) bond motifs is 2. The molecule has 0 aliphatic carbocycles. The van der Waals surface area contributed by atoms with E-state index in [1.54, 1.807) is 92.1 Å². The number of ketones is 1. The molecule has 3 heterocycles. The highest BCUT2D eigenvalue weighted by Crippen LogP contribution is 2.38. The first kappa shape index (κ1) is 66.8. The van der Waals surface area contributed by atoms with Crippen molar-refractivity contribution in [3.05, 3.63) is 115 Å². The molecule has 79 heavy (non-hydrogen) atoms. The van der Waals surface area contributed by atoms with E-state index in [0.29, 0.717) is 12.0 Å². The third-order valence-electron chi connectivity index (χ3n) is 14.5. The van der Waals surface area contributed by atoms with E-state index in [-0.39, 0.29) is 75.4 Å². The minimum Gasteiger partial charge on any atom is -0.481 e. The number of nitrogens with two attached hydrogens (primary N) is 1. The Balaban J connectivity index is 1.52. The minimum atomic E-state index is -2.29. The summed E-state index contributed by atoms with van der Waals surface area (Å²) in [4.78, 5) is 38.8. The van der Waals surface area contributed by atoms with Crippen LogP contribution in [0.15, 0.2) is 109 Å². The fourth-order valence-corrected chi connectivity index (χ4v) is 10.1. The van der Waals surface area contributed by atoms with Crippen molar-refractivity contribution >= 4 is 23.4 Å². The second-order valence-corrected chi connectivity index (χ2v) is 21.4. The maximum atomic E-state index is 13.3. The van der Waals surface area contributed by atoms with Crippen molar-refractivity contribution in [2.75, 3.05) is 12.4 Å². The lowest BCUT2D eigenvalue weighted by atomic mass is 9.82. The molecule has 2 fully saturated rings. The Kier molecular flexibility index (Phi) is 28.6. The van der Waals surface area contributed by atoms with Crippen LogP contribution in [0, 0.1) is 17.8 Å². The molecule has 2 bridgehead atoms. The average molecular weight is 1110 g/mol. The second-order valence-electron chi connectivity index (χ2n) is 21.4. The fraction of sp³-hybridized carbons (Fsp3) is 0.610. The van der Waals surface area contributed by atoms with Crippen LogP contribution >= 0.6 is 0 Å². The molecule has 20 heteroatoms. The van der Waals surface area contributed by atoms with Crippen molar-refractivity contribution in [3.63, 3.8) is 0 Å². The summed E-state index contributed by atoms with van der Waals surface area (Å²) in [6.45, 7) is 5.31. The van der Waals surface area contributed by atoms with Crippen LogP contribution in [0.3, 0.4) is 0 Å². The highest BCUT2D eigenvalue weighted by Gasteiger charge is 2.51. The smallest absolute Gasteiger partial charge is 0.311 e. The summed E-state index contributed by atoms with van der Waals surface area (Å²) < 4.78 is 23.8. The van der Waals surface area contributed by atoms with Gasteiger partial charge in [-0.1, -0.05) is 98.9 Å². The zero-order valence-electron chi connectivity index (χ0n) is 45.8. The Morgan fingerprint density at radius 2 is 1.30 bits per heavy atom. The van der Waals surface area contributed by atoms with Crippen molar-refractivity contribution in [1.29, 1.82) is 0 Å². The molecule has 3 aliphatic rings. The third kappa shape index (κ3) is 23.3. The molecular formula is C59H88N2O18. The molecule has 0 saturated carbocycles. The van der Waals surface area contributed by atoms with Gasteiger partial charge in [0.15, 0.2) is 17.9 Å². The largest absolute Gasteiger partial charge is 0.481 e. The lowest BCUT2D eigenvalue weighted by Crippen LogP contribution is -2.61.